The van der Waals surface area contributed by atoms with E-state index in [9.17, 15) is 14.5 Å². The molecule has 2 aromatic rings. The van der Waals surface area contributed by atoms with Crippen molar-refractivity contribution in [1.82, 2.24) is 15.5 Å². The normalized spacial score (nSPS) is 16.0. The number of nitro groups is 1. The van der Waals surface area contributed by atoms with Crippen molar-refractivity contribution in [3.05, 3.63) is 40.0 Å². The minimum atomic E-state index is -0.677. The van der Waals surface area contributed by atoms with Gasteiger partial charge in [-0.2, -0.15) is 4.98 Å². The smallest absolute Gasteiger partial charge is 0.285 e. The van der Waals surface area contributed by atoms with E-state index in [1.54, 1.807) is 0 Å². The molecule has 0 radical (unpaired) electrons. The Bertz CT molecular complexity index is 667. The number of halogens is 1. The molecule has 1 N–H and O–H groups in total. The van der Waals surface area contributed by atoms with Crippen LogP contribution in [-0.2, 0) is 0 Å². The lowest BCUT2D eigenvalue weighted by atomic mass is 9.98. The minimum Gasteiger partial charge on any atom is -0.334 e. The topological polar surface area (TPSA) is 94.1 Å². The molecule has 3 rings (SSSR count). The highest BCUT2D eigenvalue weighted by Gasteiger charge is 2.25. The van der Waals surface area contributed by atoms with E-state index >= 15 is 0 Å². The monoisotopic (exact) mass is 292 g/mol. The Balaban J connectivity index is 1.94. The summed E-state index contributed by atoms with van der Waals surface area (Å²) in [5, 5.41) is 18.1. The molecule has 0 aliphatic carbocycles. The van der Waals surface area contributed by atoms with Crippen LogP contribution in [0.5, 0.6) is 0 Å². The maximum Gasteiger partial charge on any atom is 0.285 e. The highest BCUT2D eigenvalue weighted by atomic mass is 19.1. The van der Waals surface area contributed by atoms with E-state index in [0.717, 1.165) is 38.1 Å². The quantitative estimate of drug-likeness (QED) is 0.688. The predicted octanol–water partition coefficient (Wildman–Crippen LogP) is 2.25. The molecule has 0 amide bonds. The molecule has 1 aliphatic heterocycles. The molecule has 1 saturated heterocycles. The number of nitrogens with zero attached hydrogens (tertiary/aromatic N) is 3. The van der Waals surface area contributed by atoms with Gasteiger partial charge in [0.25, 0.3) is 11.6 Å². The van der Waals surface area contributed by atoms with E-state index in [1.165, 1.54) is 6.07 Å². The predicted molar refractivity (Wildman–Crippen MR) is 71.2 cm³/mol. The highest BCUT2D eigenvalue weighted by molar-refractivity contribution is 5.66. The van der Waals surface area contributed by atoms with Crippen molar-refractivity contribution in [2.24, 2.45) is 0 Å². The summed E-state index contributed by atoms with van der Waals surface area (Å²) in [6, 6.07) is 3.27. The lowest BCUT2D eigenvalue weighted by Crippen LogP contribution is -2.27. The molecule has 0 atom stereocenters. The first-order valence-electron chi connectivity index (χ1n) is 6.64. The van der Waals surface area contributed by atoms with Gasteiger partial charge in [0, 0.05) is 5.92 Å². The number of rotatable bonds is 3. The van der Waals surface area contributed by atoms with Crippen LogP contribution < -0.4 is 5.32 Å². The van der Waals surface area contributed by atoms with Gasteiger partial charge in [-0.1, -0.05) is 5.16 Å². The number of hydrogen-bond acceptors (Lipinski definition) is 6. The van der Waals surface area contributed by atoms with Gasteiger partial charge in [0.15, 0.2) is 5.82 Å². The van der Waals surface area contributed by atoms with Gasteiger partial charge in [-0.25, -0.2) is 4.39 Å². The van der Waals surface area contributed by atoms with Gasteiger partial charge in [-0.3, -0.25) is 10.1 Å². The minimum absolute atomic E-state index is 0.0511. The summed E-state index contributed by atoms with van der Waals surface area (Å²) in [5.41, 5.74) is -0.246. The van der Waals surface area contributed by atoms with Gasteiger partial charge in [0.1, 0.15) is 11.4 Å². The van der Waals surface area contributed by atoms with Crippen LogP contribution >= 0.6 is 0 Å². The van der Waals surface area contributed by atoms with Crippen LogP contribution in [0.25, 0.3) is 11.5 Å². The molecule has 8 heteroatoms. The van der Waals surface area contributed by atoms with Crippen molar-refractivity contribution in [2.75, 3.05) is 13.1 Å². The molecule has 0 saturated carbocycles. The molecular weight excluding hydrogens is 279 g/mol. The molecule has 110 valence electrons. The SMILES string of the molecule is O=[N+]([O-])c1cc(F)ccc1-c1nc(C2CCNCC2)no1. The first-order chi connectivity index (χ1) is 10.1. The maximum atomic E-state index is 13.1. The molecule has 21 heavy (non-hydrogen) atoms. The fraction of sp³-hybridized carbons (Fsp3) is 0.385. The second-order valence-electron chi connectivity index (χ2n) is 4.90. The van der Waals surface area contributed by atoms with Crippen LogP contribution in [0, 0.1) is 15.9 Å². The summed E-state index contributed by atoms with van der Waals surface area (Å²) in [4.78, 5) is 14.6. The third kappa shape index (κ3) is 2.75. The third-order valence-electron chi connectivity index (χ3n) is 3.53. The molecule has 1 aromatic carbocycles. The third-order valence-corrected chi connectivity index (χ3v) is 3.53. The Kier molecular flexibility index (Phi) is 3.61. The van der Waals surface area contributed by atoms with E-state index in [-0.39, 0.29) is 23.1 Å². The number of aromatic nitrogens is 2. The average molecular weight is 292 g/mol. The molecule has 0 bridgehead atoms. The number of nitro benzene ring substituents is 1. The zero-order chi connectivity index (χ0) is 14.8. The summed E-state index contributed by atoms with van der Waals surface area (Å²) in [6.45, 7) is 1.76. The maximum absolute atomic E-state index is 13.1. The summed E-state index contributed by atoms with van der Waals surface area (Å²) in [7, 11) is 0. The highest BCUT2D eigenvalue weighted by Crippen LogP contribution is 2.31. The molecule has 0 spiro atoms. The molecule has 2 heterocycles. The summed E-state index contributed by atoms with van der Waals surface area (Å²) in [6.07, 6.45) is 1.79. The van der Waals surface area contributed by atoms with Crippen LogP contribution in [0.2, 0.25) is 0 Å². The fourth-order valence-electron chi connectivity index (χ4n) is 2.43. The van der Waals surface area contributed by atoms with Gasteiger partial charge in [-0.15, -0.1) is 0 Å². The van der Waals surface area contributed by atoms with Crippen molar-refractivity contribution in [3.63, 3.8) is 0 Å². The van der Waals surface area contributed by atoms with Crippen molar-refractivity contribution in [3.8, 4) is 11.5 Å². The zero-order valence-electron chi connectivity index (χ0n) is 11.1. The lowest BCUT2D eigenvalue weighted by molar-refractivity contribution is -0.384. The Labute approximate surface area is 119 Å². The largest absolute Gasteiger partial charge is 0.334 e. The van der Waals surface area contributed by atoms with Gasteiger partial charge < -0.3 is 9.84 Å². The Hall–Kier alpha value is -2.35. The number of nitrogens with one attached hydrogen (secondary N) is 1. The van der Waals surface area contributed by atoms with Crippen LogP contribution in [0.4, 0.5) is 10.1 Å². The van der Waals surface area contributed by atoms with Crippen LogP contribution in [-0.4, -0.2) is 28.2 Å². The Morgan fingerprint density at radius 2 is 2.14 bits per heavy atom. The number of piperidine rings is 1. The lowest BCUT2D eigenvalue weighted by Gasteiger charge is -2.18. The van der Waals surface area contributed by atoms with E-state index in [1.807, 2.05) is 0 Å². The van der Waals surface area contributed by atoms with Crippen LogP contribution in [0.3, 0.4) is 0 Å². The van der Waals surface area contributed by atoms with Crippen LogP contribution in [0.15, 0.2) is 22.7 Å². The fourth-order valence-corrected chi connectivity index (χ4v) is 2.43. The Morgan fingerprint density at radius 1 is 1.38 bits per heavy atom. The Morgan fingerprint density at radius 3 is 2.86 bits per heavy atom. The van der Waals surface area contributed by atoms with Crippen molar-refractivity contribution >= 4 is 5.69 Å². The van der Waals surface area contributed by atoms with E-state index in [4.69, 9.17) is 4.52 Å². The number of hydrogen-bond donors (Lipinski definition) is 1. The molecule has 1 fully saturated rings. The molecule has 1 aliphatic rings. The molecule has 7 nitrogen and oxygen atoms in total. The van der Waals surface area contributed by atoms with Gasteiger partial charge >= 0.3 is 0 Å². The van der Waals surface area contributed by atoms with Gasteiger partial charge in [0.05, 0.1) is 11.0 Å². The van der Waals surface area contributed by atoms with Gasteiger partial charge in [0.2, 0.25) is 0 Å². The summed E-state index contributed by atoms with van der Waals surface area (Å²) in [5.74, 6) is 0.104. The summed E-state index contributed by atoms with van der Waals surface area (Å²) >= 11 is 0. The van der Waals surface area contributed by atoms with Gasteiger partial charge in [-0.05, 0) is 38.1 Å². The first kappa shape index (κ1) is 13.6. The van der Waals surface area contributed by atoms with Crippen molar-refractivity contribution in [1.29, 1.82) is 0 Å². The van der Waals surface area contributed by atoms with Crippen molar-refractivity contribution in [2.45, 2.75) is 18.8 Å². The van der Waals surface area contributed by atoms with E-state index < -0.39 is 10.7 Å². The van der Waals surface area contributed by atoms with E-state index in [0.29, 0.717) is 5.82 Å². The number of benzene rings is 1. The standard InChI is InChI=1S/C13H13FN4O3/c14-9-1-2-10(11(7-9)18(19)20)13-16-12(17-21-13)8-3-5-15-6-4-8/h1-2,7-8,15H,3-6H2. The zero-order valence-corrected chi connectivity index (χ0v) is 11.1. The second kappa shape index (κ2) is 5.57. The van der Waals surface area contributed by atoms with E-state index in [2.05, 4.69) is 15.5 Å². The van der Waals surface area contributed by atoms with Crippen molar-refractivity contribution < 1.29 is 13.8 Å². The second-order valence-corrected chi connectivity index (χ2v) is 4.90. The molecular formula is C13H13FN4O3. The first-order valence-corrected chi connectivity index (χ1v) is 6.64. The van der Waals surface area contributed by atoms with Crippen LogP contribution in [0.1, 0.15) is 24.6 Å². The summed E-state index contributed by atoms with van der Waals surface area (Å²) < 4.78 is 18.3. The molecule has 0 unspecified atom stereocenters. The average Bonchev–Trinajstić information content (AvgIpc) is 2.97. The molecule has 1 aromatic heterocycles.